The van der Waals surface area contributed by atoms with Gasteiger partial charge in [0.2, 0.25) is 11.8 Å². The van der Waals surface area contributed by atoms with Crippen LogP contribution >= 0.6 is 0 Å². The Hall–Kier alpha value is -2.95. The van der Waals surface area contributed by atoms with Crippen LogP contribution in [0, 0.1) is 30.6 Å². The van der Waals surface area contributed by atoms with Crippen molar-refractivity contribution >= 4 is 23.3 Å². The number of rotatable bonds is 5. The third-order valence-corrected chi connectivity index (χ3v) is 6.75. The molecule has 2 aliphatic carbocycles. The summed E-state index contributed by atoms with van der Waals surface area (Å²) in [7, 11) is 0. The lowest BCUT2D eigenvalue weighted by Crippen LogP contribution is -2.32. The smallest absolute Gasteiger partial charge is 0.237 e. The van der Waals surface area contributed by atoms with E-state index < -0.39 is 0 Å². The standard InChI is InChI=1S/C24H23NO4/c1-14-5-7-15(8-6-14)20(26)13-29-19-4-2-3-18(12-19)25-23(27)21-16-9-10-17(11-16)22(21)24(25)28/h2-8,12,16-17,21-22H,9-11,13H2,1H3. The Kier molecular flexibility index (Phi) is 4.26. The number of hydrogen-bond acceptors (Lipinski definition) is 4. The first-order valence-corrected chi connectivity index (χ1v) is 10.2. The van der Waals surface area contributed by atoms with Crippen molar-refractivity contribution in [2.45, 2.75) is 26.2 Å². The largest absolute Gasteiger partial charge is 0.485 e. The summed E-state index contributed by atoms with van der Waals surface area (Å²) < 4.78 is 5.67. The van der Waals surface area contributed by atoms with Crippen molar-refractivity contribution in [3.63, 3.8) is 0 Å². The number of benzene rings is 2. The maximum Gasteiger partial charge on any atom is 0.237 e. The molecule has 29 heavy (non-hydrogen) atoms. The van der Waals surface area contributed by atoms with Gasteiger partial charge in [0.15, 0.2) is 12.4 Å². The molecule has 0 N–H and O–H groups in total. The van der Waals surface area contributed by atoms with Gasteiger partial charge in [0.1, 0.15) is 5.75 Å². The predicted molar refractivity (Wildman–Crippen MR) is 108 cm³/mol. The van der Waals surface area contributed by atoms with Gasteiger partial charge in [-0.1, -0.05) is 35.9 Å². The molecule has 2 bridgehead atoms. The number of ether oxygens (including phenoxy) is 1. The van der Waals surface area contributed by atoms with Crippen LogP contribution in [0.3, 0.4) is 0 Å². The number of nitrogens with zero attached hydrogens (tertiary/aromatic N) is 1. The Morgan fingerprint density at radius 2 is 1.66 bits per heavy atom. The number of carbonyl (C=O) groups excluding carboxylic acids is 3. The van der Waals surface area contributed by atoms with Gasteiger partial charge in [0.05, 0.1) is 17.5 Å². The van der Waals surface area contributed by atoms with Gasteiger partial charge in [-0.2, -0.15) is 0 Å². The zero-order valence-electron chi connectivity index (χ0n) is 16.3. The maximum absolute atomic E-state index is 13.0. The van der Waals surface area contributed by atoms with Gasteiger partial charge in [-0.05, 0) is 50.2 Å². The first-order valence-electron chi connectivity index (χ1n) is 10.2. The third kappa shape index (κ3) is 2.96. The number of aryl methyl sites for hydroxylation is 1. The quantitative estimate of drug-likeness (QED) is 0.577. The van der Waals surface area contributed by atoms with E-state index in [1.54, 1.807) is 36.4 Å². The van der Waals surface area contributed by atoms with Crippen LogP contribution in [-0.4, -0.2) is 24.2 Å². The first kappa shape index (κ1) is 18.1. The van der Waals surface area contributed by atoms with Crippen molar-refractivity contribution in [3.8, 4) is 5.75 Å². The van der Waals surface area contributed by atoms with Crippen LogP contribution in [0.5, 0.6) is 5.75 Å². The number of carbonyl (C=O) groups is 3. The van der Waals surface area contributed by atoms with Gasteiger partial charge in [0, 0.05) is 11.6 Å². The van der Waals surface area contributed by atoms with Crippen molar-refractivity contribution in [2.24, 2.45) is 23.7 Å². The summed E-state index contributed by atoms with van der Waals surface area (Å²) >= 11 is 0. The molecule has 3 aliphatic rings. The Bertz CT molecular complexity index is 968. The van der Waals surface area contributed by atoms with Crippen LogP contribution in [0.2, 0.25) is 0 Å². The van der Waals surface area contributed by atoms with Gasteiger partial charge in [-0.15, -0.1) is 0 Å². The Morgan fingerprint density at radius 3 is 2.31 bits per heavy atom. The average molecular weight is 389 g/mol. The number of hydrogen-bond donors (Lipinski definition) is 0. The maximum atomic E-state index is 13.0. The second-order valence-corrected chi connectivity index (χ2v) is 8.47. The number of fused-ring (bicyclic) bond motifs is 5. The highest BCUT2D eigenvalue weighted by molar-refractivity contribution is 6.22. The summed E-state index contributed by atoms with van der Waals surface area (Å²) in [6, 6.07) is 14.3. The van der Waals surface area contributed by atoms with Crippen LogP contribution in [-0.2, 0) is 9.59 Å². The Morgan fingerprint density at radius 1 is 1.00 bits per heavy atom. The normalized spacial score (nSPS) is 27.4. The summed E-state index contributed by atoms with van der Waals surface area (Å²) in [6.07, 6.45) is 3.14. The Balaban J connectivity index is 1.31. The number of imide groups is 1. The second kappa shape index (κ2) is 6.83. The molecule has 5 rings (SSSR count). The molecule has 0 aromatic heterocycles. The number of anilines is 1. The summed E-state index contributed by atoms with van der Waals surface area (Å²) in [5.74, 6) is 0.650. The lowest BCUT2D eigenvalue weighted by molar-refractivity contribution is -0.123. The van der Waals surface area contributed by atoms with Crippen molar-refractivity contribution in [2.75, 3.05) is 11.5 Å². The van der Waals surface area contributed by atoms with Crippen LogP contribution < -0.4 is 9.64 Å². The fourth-order valence-electron chi connectivity index (χ4n) is 5.35. The van der Waals surface area contributed by atoms with E-state index in [4.69, 9.17) is 4.74 Å². The molecule has 2 aromatic carbocycles. The molecule has 2 saturated carbocycles. The minimum Gasteiger partial charge on any atom is -0.485 e. The van der Waals surface area contributed by atoms with Crippen LogP contribution in [0.25, 0.3) is 0 Å². The zero-order valence-corrected chi connectivity index (χ0v) is 16.3. The van der Waals surface area contributed by atoms with Crippen molar-refractivity contribution < 1.29 is 19.1 Å². The van der Waals surface area contributed by atoms with Gasteiger partial charge in [-0.3, -0.25) is 14.4 Å². The van der Waals surface area contributed by atoms with E-state index in [0.29, 0.717) is 28.8 Å². The molecule has 4 unspecified atom stereocenters. The van der Waals surface area contributed by atoms with E-state index in [2.05, 4.69) is 0 Å². The third-order valence-electron chi connectivity index (χ3n) is 6.75. The molecular formula is C24H23NO4. The van der Waals surface area contributed by atoms with Crippen molar-refractivity contribution in [1.82, 2.24) is 0 Å². The summed E-state index contributed by atoms with van der Waals surface area (Å²) in [5.41, 5.74) is 2.22. The first-order chi connectivity index (χ1) is 14.0. The highest BCUT2D eigenvalue weighted by Gasteiger charge is 2.61. The van der Waals surface area contributed by atoms with Crippen LogP contribution in [0.1, 0.15) is 35.2 Å². The minimum atomic E-state index is -0.145. The van der Waals surface area contributed by atoms with E-state index in [9.17, 15) is 14.4 Å². The van der Waals surface area contributed by atoms with Gasteiger partial charge in [-0.25, -0.2) is 4.90 Å². The molecule has 2 amide bonds. The number of ketones is 1. The van der Waals surface area contributed by atoms with E-state index >= 15 is 0 Å². The van der Waals surface area contributed by atoms with Gasteiger partial charge < -0.3 is 4.74 Å². The Labute approximate surface area is 169 Å². The topological polar surface area (TPSA) is 63.7 Å². The van der Waals surface area contributed by atoms with E-state index in [-0.39, 0.29) is 36.0 Å². The molecule has 1 heterocycles. The average Bonchev–Trinajstić information content (AvgIpc) is 3.41. The number of amides is 2. The van der Waals surface area contributed by atoms with Crippen molar-refractivity contribution in [3.05, 3.63) is 59.7 Å². The predicted octanol–water partition coefficient (Wildman–Crippen LogP) is 3.79. The molecule has 0 radical (unpaired) electrons. The number of Topliss-reactive ketones (excluding diaryl/α,β-unsaturated/α-hetero) is 1. The van der Waals surface area contributed by atoms with Crippen molar-refractivity contribution in [1.29, 1.82) is 0 Å². The highest BCUT2D eigenvalue weighted by atomic mass is 16.5. The lowest BCUT2D eigenvalue weighted by Gasteiger charge is -2.19. The molecule has 1 aliphatic heterocycles. The minimum absolute atomic E-state index is 0.0694. The zero-order chi connectivity index (χ0) is 20.1. The van der Waals surface area contributed by atoms with Crippen LogP contribution in [0.4, 0.5) is 5.69 Å². The molecular weight excluding hydrogens is 366 g/mol. The van der Waals surface area contributed by atoms with E-state index in [1.807, 2.05) is 19.1 Å². The molecule has 4 atom stereocenters. The van der Waals surface area contributed by atoms with Gasteiger partial charge in [0.25, 0.3) is 0 Å². The second-order valence-electron chi connectivity index (χ2n) is 8.47. The SMILES string of the molecule is Cc1ccc(C(=O)COc2cccc(N3C(=O)C4C5CCC(C5)C4C3=O)c2)cc1. The molecule has 0 spiro atoms. The van der Waals surface area contributed by atoms with E-state index in [0.717, 1.165) is 24.8 Å². The molecule has 2 aromatic rings. The molecule has 148 valence electrons. The fraction of sp³-hybridized carbons (Fsp3) is 0.375. The summed E-state index contributed by atoms with van der Waals surface area (Å²) in [5, 5.41) is 0. The fourth-order valence-corrected chi connectivity index (χ4v) is 5.35. The molecule has 1 saturated heterocycles. The molecule has 5 heteroatoms. The molecule has 5 nitrogen and oxygen atoms in total. The summed E-state index contributed by atoms with van der Waals surface area (Å²) in [6.45, 7) is 1.88. The molecule has 3 fully saturated rings. The lowest BCUT2D eigenvalue weighted by atomic mass is 9.81. The highest BCUT2D eigenvalue weighted by Crippen LogP contribution is 2.56. The monoisotopic (exact) mass is 389 g/mol. The van der Waals surface area contributed by atoms with Gasteiger partial charge >= 0.3 is 0 Å². The van der Waals surface area contributed by atoms with E-state index in [1.165, 1.54) is 4.90 Å². The van der Waals surface area contributed by atoms with Crippen LogP contribution in [0.15, 0.2) is 48.5 Å². The summed E-state index contributed by atoms with van der Waals surface area (Å²) in [4.78, 5) is 39.7.